The first kappa shape index (κ1) is 17.3. The molecule has 130 valence electrons. The van der Waals surface area contributed by atoms with Crippen molar-refractivity contribution in [1.82, 2.24) is 20.3 Å². The van der Waals surface area contributed by atoms with Crippen molar-refractivity contribution in [2.45, 2.75) is 19.4 Å². The van der Waals surface area contributed by atoms with Gasteiger partial charge in [-0.1, -0.05) is 11.6 Å². The minimum Gasteiger partial charge on any atom is -0.351 e. The van der Waals surface area contributed by atoms with E-state index in [1.807, 2.05) is 0 Å². The van der Waals surface area contributed by atoms with E-state index in [-0.39, 0.29) is 11.6 Å². The Labute approximate surface area is 148 Å². The third-order valence-corrected chi connectivity index (χ3v) is 3.71. The topological polar surface area (TPSA) is 96.7 Å². The van der Waals surface area contributed by atoms with Gasteiger partial charge in [0.15, 0.2) is 0 Å². The van der Waals surface area contributed by atoms with Crippen molar-refractivity contribution in [2.24, 2.45) is 5.73 Å². The number of aromatic nitrogens is 3. The molecule has 1 aromatic carbocycles. The Morgan fingerprint density at radius 1 is 1.36 bits per heavy atom. The summed E-state index contributed by atoms with van der Waals surface area (Å²) in [5.41, 5.74) is 6.75. The third kappa shape index (κ3) is 3.94. The summed E-state index contributed by atoms with van der Waals surface area (Å²) in [5, 5.41) is 3.62. The maximum Gasteiger partial charge on any atom is 0.271 e. The van der Waals surface area contributed by atoms with Gasteiger partial charge in [0.25, 0.3) is 5.91 Å². The maximum atomic E-state index is 14.0. The molecule has 0 saturated carbocycles. The summed E-state index contributed by atoms with van der Waals surface area (Å²) in [6.45, 7) is 3.91. The number of nitrogens with one attached hydrogen (secondary N) is 2. The van der Waals surface area contributed by atoms with E-state index >= 15 is 0 Å². The Morgan fingerprint density at radius 2 is 2.12 bits per heavy atom. The Balaban J connectivity index is 1.91. The Kier molecular flexibility index (Phi) is 4.45. The van der Waals surface area contributed by atoms with Crippen molar-refractivity contribution in [3.05, 3.63) is 47.1 Å². The van der Waals surface area contributed by atoms with Gasteiger partial charge in [-0.3, -0.25) is 9.78 Å². The summed E-state index contributed by atoms with van der Waals surface area (Å²) in [5.74, 6) is -0.834. The molecule has 3 aromatic rings. The van der Waals surface area contributed by atoms with E-state index in [2.05, 4.69) is 20.3 Å². The lowest BCUT2D eigenvalue weighted by molar-refractivity contribution is 0.0940. The van der Waals surface area contributed by atoms with Gasteiger partial charge in [0, 0.05) is 22.5 Å². The van der Waals surface area contributed by atoms with Crippen LogP contribution in [0, 0.1) is 5.82 Å². The number of rotatable bonds is 4. The number of benzene rings is 1. The molecular formula is C17H17ClFN5O. The predicted molar refractivity (Wildman–Crippen MR) is 94.9 cm³/mol. The fraction of sp³-hybridized carbons (Fsp3) is 0.235. The van der Waals surface area contributed by atoms with Crippen molar-refractivity contribution in [3.63, 3.8) is 0 Å². The van der Waals surface area contributed by atoms with Crippen LogP contribution < -0.4 is 11.1 Å². The molecule has 0 aliphatic rings. The molecule has 0 saturated heterocycles. The monoisotopic (exact) mass is 361 g/mol. The van der Waals surface area contributed by atoms with E-state index in [1.165, 1.54) is 18.5 Å². The lowest BCUT2D eigenvalue weighted by Gasteiger charge is -2.18. The van der Waals surface area contributed by atoms with Gasteiger partial charge in [-0.2, -0.15) is 0 Å². The first-order valence-electron chi connectivity index (χ1n) is 7.60. The summed E-state index contributed by atoms with van der Waals surface area (Å²) in [4.78, 5) is 23.5. The molecule has 0 atom stereocenters. The predicted octanol–water partition coefficient (Wildman–Crippen LogP) is 2.88. The fourth-order valence-electron chi connectivity index (χ4n) is 2.31. The number of fused-ring (bicyclic) bond motifs is 1. The van der Waals surface area contributed by atoms with Crippen LogP contribution in [0.25, 0.3) is 22.3 Å². The second-order valence-corrected chi connectivity index (χ2v) is 6.93. The number of H-pyrrole nitrogens is 1. The number of amides is 1. The quantitative estimate of drug-likeness (QED) is 0.665. The molecule has 8 heteroatoms. The number of hydrogen-bond donors (Lipinski definition) is 3. The smallest absolute Gasteiger partial charge is 0.271 e. The van der Waals surface area contributed by atoms with Gasteiger partial charge in [-0.05, 0) is 32.0 Å². The Bertz CT molecular complexity index is 948. The van der Waals surface area contributed by atoms with Gasteiger partial charge < -0.3 is 16.0 Å². The molecule has 0 fully saturated rings. The van der Waals surface area contributed by atoms with Gasteiger partial charge in [0.1, 0.15) is 17.2 Å². The zero-order chi connectivity index (χ0) is 18.2. The second-order valence-electron chi connectivity index (χ2n) is 6.50. The van der Waals surface area contributed by atoms with Crippen LogP contribution >= 0.6 is 11.6 Å². The Hall–Kier alpha value is -2.51. The molecule has 0 bridgehead atoms. The highest BCUT2D eigenvalue weighted by atomic mass is 35.5. The van der Waals surface area contributed by atoms with E-state index in [1.54, 1.807) is 26.0 Å². The van der Waals surface area contributed by atoms with Gasteiger partial charge in [0.2, 0.25) is 0 Å². The lowest BCUT2D eigenvalue weighted by atomic mass is 10.1. The van der Waals surface area contributed by atoms with Crippen LogP contribution in [0.4, 0.5) is 4.39 Å². The van der Waals surface area contributed by atoms with Crippen molar-refractivity contribution >= 4 is 28.4 Å². The SMILES string of the molecule is CC(C)(N)CNC(=O)c1cncc(-c2cc3cc(Cl)cc(F)c3[nH]2)n1. The molecule has 3 rings (SSSR count). The first-order chi connectivity index (χ1) is 11.7. The number of aromatic amines is 1. The molecule has 0 spiro atoms. The second kappa shape index (κ2) is 6.42. The number of carbonyl (C=O) groups excluding carboxylic acids is 1. The zero-order valence-electron chi connectivity index (χ0n) is 13.7. The molecule has 0 unspecified atom stereocenters. The average Bonchev–Trinajstić information content (AvgIpc) is 2.96. The highest BCUT2D eigenvalue weighted by Gasteiger charge is 2.16. The van der Waals surface area contributed by atoms with Gasteiger partial charge in [0.05, 0.1) is 23.6 Å². The van der Waals surface area contributed by atoms with Gasteiger partial charge in [-0.25, -0.2) is 9.37 Å². The fourth-order valence-corrected chi connectivity index (χ4v) is 2.52. The van der Waals surface area contributed by atoms with Crippen LogP contribution in [0.1, 0.15) is 24.3 Å². The minimum atomic E-state index is -0.533. The number of nitrogens with zero attached hydrogens (tertiary/aromatic N) is 2. The summed E-state index contributed by atoms with van der Waals surface area (Å²) in [6.07, 6.45) is 2.86. The molecule has 2 heterocycles. The Morgan fingerprint density at radius 3 is 2.84 bits per heavy atom. The summed E-state index contributed by atoms with van der Waals surface area (Å²) >= 11 is 5.87. The van der Waals surface area contributed by atoms with Crippen LogP contribution in [0.5, 0.6) is 0 Å². The molecular weight excluding hydrogens is 345 g/mol. The molecule has 1 amide bonds. The third-order valence-electron chi connectivity index (χ3n) is 3.49. The van der Waals surface area contributed by atoms with Gasteiger partial charge in [-0.15, -0.1) is 0 Å². The molecule has 6 nitrogen and oxygen atoms in total. The number of hydrogen-bond acceptors (Lipinski definition) is 4. The standard InChI is InChI=1S/C17H17ClFN5O/c1-17(2,20)8-22-16(25)14-7-21-6-13(23-14)12-4-9-3-10(18)5-11(19)15(9)24-12/h3-7,24H,8,20H2,1-2H3,(H,22,25). The van der Waals surface area contributed by atoms with E-state index in [0.29, 0.717) is 33.9 Å². The molecule has 4 N–H and O–H groups in total. The van der Waals surface area contributed by atoms with E-state index in [0.717, 1.165) is 0 Å². The van der Waals surface area contributed by atoms with Crippen LogP contribution in [0.2, 0.25) is 5.02 Å². The van der Waals surface area contributed by atoms with Crippen molar-refractivity contribution in [1.29, 1.82) is 0 Å². The molecule has 2 aromatic heterocycles. The summed E-state index contributed by atoms with van der Waals surface area (Å²) < 4.78 is 14.0. The lowest BCUT2D eigenvalue weighted by Crippen LogP contribution is -2.45. The average molecular weight is 362 g/mol. The van der Waals surface area contributed by atoms with Crippen LogP contribution in [0.3, 0.4) is 0 Å². The summed E-state index contributed by atoms with van der Waals surface area (Å²) in [7, 11) is 0. The number of nitrogens with two attached hydrogens (primary N) is 1. The minimum absolute atomic E-state index is 0.152. The molecule has 25 heavy (non-hydrogen) atoms. The maximum absolute atomic E-state index is 14.0. The van der Waals surface area contributed by atoms with Gasteiger partial charge >= 0.3 is 0 Å². The largest absolute Gasteiger partial charge is 0.351 e. The molecule has 0 radical (unpaired) electrons. The highest BCUT2D eigenvalue weighted by molar-refractivity contribution is 6.31. The zero-order valence-corrected chi connectivity index (χ0v) is 14.5. The van der Waals surface area contributed by atoms with Crippen molar-refractivity contribution < 1.29 is 9.18 Å². The van der Waals surface area contributed by atoms with E-state index in [4.69, 9.17) is 17.3 Å². The van der Waals surface area contributed by atoms with E-state index < -0.39 is 11.4 Å². The van der Waals surface area contributed by atoms with E-state index in [9.17, 15) is 9.18 Å². The normalized spacial score (nSPS) is 11.7. The number of carbonyl (C=O) groups is 1. The van der Waals surface area contributed by atoms with Crippen molar-refractivity contribution in [3.8, 4) is 11.4 Å². The molecule has 0 aliphatic carbocycles. The van der Waals surface area contributed by atoms with Crippen LogP contribution in [-0.4, -0.2) is 32.9 Å². The summed E-state index contributed by atoms with van der Waals surface area (Å²) in [6, 6.07) is 4.58. The first-order valence-corrected chi connectivity index (χ1v) is 7.98. The molecule has 0 aliphatic heterocycles. The number of halogens is 2. The highest BCUT2D eigenvalue weighted by Crippen LogP contribution is 2.27. The van der Waals surface area contributed by atoms with Crippen LogP contribution in [0.15, 0.2) is 30.6 Å². The van der Waals surface area contributed by atoms with Crippen molar-refractivity contribution in [2.75, 3.05) is 6.54 Å². The van der Waals surface area contributed by atoms with Crippen LogP contribution in [-0.2, 0) is 0 Å².